The third-order valence-electron chi connectivity index (χ3n) is 6.62. The Morgan fingerprint density at radius 3 is 1.51 bits per heavy atom. The van der Waals surface area contributed by atoms with Crippen LogP contribution in [0, 0.1) is 11.8 Å². The van der Waals surface area contributed by atoms with E-state index in [1.165, 1.54) is 11.1 Å². The molecule has 0 saturated heterocycles. The quantitative estimate of drug-likeness (QED) is 0.0268. The molecule has 0 N–H and O–H groups in total. The van der Waals surface area contributed by atoms with E-state index in [4.69, 9.17) is 18.5 Å². The fraction of sp³-hybridized carbons (Fsp3) is 0.750. The molecule has 0 rings (SSSR count). The Balaban J connectivity index is 0. The maximum Gasteiger partial charge on any atom is 1.00 e. The molecule has 45 heavy (non-hydrogen) atoms. The average Bonchev–Trinajstić information content (AvgIpc) is 2.90. The first kappa shape index (κ1) is 47.0. The van der Waals surface area contributed by atoms with Crippen molar-refractivity contribution in [2.75, 3.05) is 0 Å². The smallest absolute Gasteiger partial charge is 0.747 e. The zero-order valence-corrected chi connectivity index (χ0v) is 34.3. The van der Waals surface area contributed by atoms with Gasteiger partial charge in [0.2, 0.25) is 12.6 Å². The van der Waals surface area contributed by atoms with Crippen molar-refractivity contribution < 1.29 is 97.0 Å². The molecule has 0 bridgehead atoms. The minimum Gasteiger partial charge on any atom is -0.747 e. The van der Waals surface area contributed by atoms with E-state index in [2.05, 4.69) is 32.9 Å². The van der Waals surface area contributed by atoms with Crippen LogP contribution in [0.5, 0.6) is 0 Å². The molecule has 0 aromatic carbocycles. The van der Waals surface area contributed by atoms with Gasteiger partial charge in [0.1, 0.15) is 10.1 Å². The SMILES string of the molecule is CCC(=O)OC(OP(=O)(OC(OC(=O)CC)C(C)C)C(CCC/C=C(\C)CC/C=C(\C)CCC=C(C)C)S(=O)(=O)[O-])C(C)C.[K+]. The second-order valence-electron chi connectivity index (χ2n) is 12.0. The van der Waals surface area contributed by atoms with Gasteiger partial charge in [-0.05, 0) is 72.6 Å². The topological polar surface area (TPSA) is 145 Å². The van der Waals surface area contributed by atoms with Crippen LogP contribution in [0.4, 0.5) is 0 Å². The molecule has 0 aromatic rings. The van der Waals surface area contributed by atoms with Crippen LogP contribution < -0.4 is 51.4 Å². The number of carbonyl (C=O) groups is 2. The van der Waals surface area contributed by atoms with Crippen molar-refractivity contribution in [1.29, 1.82) is 0 Å². The molecule has 3 atom stereocenters. The molecule has 0 spiro atoms. The van der Waals surface area contributed by atoms with Crippen LogP contribution in [0.15, 0.2) is 34.9 Å². The van der Waals surface area contributed by atoms with E-state index in [9.17, 15) is 27.1 Å². The minimum absolute atomic E-state index is 0. The Labute approximate surface area is 315 Å². The predicted molar refractivity (Wildman–Crippen MR) is 173 cm³/mol. The molecule has 0 aliphatic rings. The van der Waals surface area contributed by atoms with Crippen molar-refractivity contribution >= 4 is 29.7 Å². The number of carbonyl (C=O) groups excluding carboxylic acids is 2. The third kappa shape index (κ3) is 20.7. The van der Waals surface area contributed by atoms with Crippen molar-refractivity contribution in [3.8, 4) is 0 Å². The molecule has 0 amide bonds. The van der Waals surface area contributed by atoms with E-state index < -0.39 is 59.1 Å². The number of ether oxygens (including phenoxy) is 2. The molecule has 0 saturated carbocycles. The Morgan fingerprint density at radius 1 is 0.756 bits per heavy atom. The molecule has 0 aromatic heterocycles. The van der Waals surface area contributed by atoms with Gasteiger partial charge in [-0.2, -0.15) is 0 Å². The fourth-order valence-electron chi connectivity index (χ4n) is 3.87. The first-order valence-corrected chi connectivity index (χ1v) is 18.7. The van der Waals surface area contributed by atoms with Crippen molar-refractivity contribution in [2.24, 2.45) is 11.8 Å². The molecule has 0 aliphatic carbocycles. The predicted octanol–water partition coefficient (Wildman–Crippen LogP) is 5.55. The Hall–Kier alpha value is -0.144. The first-order chi connectivity index (χ1) is 20.4. The van der Waals surface area contributed by atoms with Gasteiger partial charge in [-0.3, -0.25) is 23.2 Å². The Bertz CT molecular complexity index is 1100. The van der Waals surface area contributed by atoms with Crippen molar-refractivity contribution in [2.45, 2.75) is 145 Å². The Morgan fingerprint density at radius 2 is 1.16 bits per heavy atom. The zero-order chi connectivity index (χ0) is 34.1. The summed E-state index contributed by atoms with van der Waals surface area (Å²) in [7, 11) is -10.1. The van der Waals surface area contributed by atoms with Gasteiger partial charge in [-0.25, -0.2) is 8.42 Å². The summed E-state index contributed by atoms with van der Waals surface area (Å²) in [6, 6.07) is 0. The van der Waals surface area contributed by atoms with Crippen molar-refractivity contribution in [3.63, 3.8) is 0 Å². The van der Waals surface area contributed by atoms with Gasteiger partial charge in [0.15, 0.2) is 4.99 Å². The number of hydrogen-bond acceptors (Lipinski definition) is 10. The van der Waals surface area contributed by atoms with Crippen LogP contribution in [0.1, 0.15) is 127 Å². The summed E-state index contributed by atoms with van der Waals surface area (Å²) in [5, 5.41) is 0. The fourth-order valence-corrected chi connectivity index (χ4v) is 7.87. The van der Waals surface area contributed by atoms with E-state index in [1.807, 2.05) is 13.0 Å². The van der Waals surface area contributed by atoms with E-state index >= 15 is 0 Å². The molecular formula is C32H56KO10PS. The summed E-state index contributed by atoms with van der Waals surface area (Å²) in [5.41, 5.74) is 3.73. The number of hydrogen-bond donors (Lipinski definition) is 0. The number of esters is 2. The maximum absolute atomic E-state index is 14.3. The van der Waals surface area contributed by atoms with Crippen LogP contribution in [0.3, 0.4) is 0 Å². The molecule has 10 nitrogen and oxygen atoms in total. The molecular weight excluding hydrogens is 646 g/mol. The molecule has 0 aliphatic heterocycles. The van der Waals surface area contributed by atoms with E-state index in [-0.39, 0.29) is 77.1 Å². The molecule has 0 heterocycles. The molecule has 13 heteroatoms. The van der Waals surface area contributed by atoms with Gasteiger partial charge in [0.25, 0.3) is 0 Å². The molecule has 0 radical (unpaired) electrons. The summed E-state index contributed by atoms with van der Waals surface area (Å²) < 4.78 is 73.8. The van der Waals surface area contributed by atoms with Gasteiger partial charge in [0, 0.05) is 24.7 Å². The normalized spacial score (nSPS) is 15.9. The first-order valence-electron chi connectivity index (χ1n) is 15.6. The number of unbranched alkanes of at least 4 members (excludes halogenated alkanes) is 1. The van der Waals surface area contributed by atoms with Gasteiger partial charge >= 0.3 is 70.9 Å². The second kappa shape index (κ2) is 24.1. The third-order valence-corrected chi connectivity index (χ3v) is 11.0. The summed E-state index contributed by atoms with van der Waals surface area (Å²) in [6.07, 6.45) is 7.45. The van der Waals surface area contributed by atoms with E-state index in [1.54, 1.807) is 41.5 Å². The van der Waals surface area contributed by atoms with Gasteiger partial charge < -0.3 is 14.0 Å². The van der Waals surface area contributed by atoms with Crippen LogP contribution in [0.25, 0.3) is 0 Å². The minimum atomic E-state index is -5.25. The van der Waals surface area contributed by atoms with Gasteiger partial charge in [0.05, 0.1) is 0 Å². The van der Waals surface area contributed by atoms with Crippen LogP contribution in [-0.4, -0.2) is 42.5 Å². The number of allylic oxidation sites excluding steroid dienone is 6. The molecule has 0 fully saturated rings. The summed E-state index contributed by atoms with van der Waals surface area (Å²) >= 11 is 0. The van der Waals surface area contributed by atoms with E-state index in [0.717, 1.165) is 31.3 Å². The zero-order valence-electron chi connectivity index (χ0n) is 29.4. The average molecular weight is 703 g/mol. The van der Waals surface area contributed by atoms with Gasteiger partial charge in [-0.1, -0.05) is 76.5 Å². The van der Waals surface area contributed by atoms with E-state index in [0.29, 0.717) is 6.42 Å². The van der Waals surface area contributed by atoms with Crippen LogP contribution >= 0.6 is 7.60 Å². The second-order valence-corrected chi connectivity index (χ2v) is 16.0. The standard InChI is InChI=1S/C32H57O10PS.K/c1-11-28(33)39-31(24(5)6)41-43(35,42-32(25(7)8)40-29(34)12-2)30(44(36,37)38)22-14-13-18-26(9)20-16-21-27(10)19-15-17-23(3)4;/h17-18,21,24-25,30-32H,11-16,19-20,22H2,1-10H3,(H,36,37,38);/q;+1/p-1/b26-18+,27-21+;. The summed E-state index contributed by atoms with van der Waals surface area (Å²) in [6.45, 7) is 17.8. The maximum atomic E-state index is 14.3. The molecule has 3 unspecified atom stereocenters. The Kier molecular flexibility index (Phi) is 25.1. The summed E-state index contributed by atoms with van der Waals surface area (Å²) in [5.74, 6) is -2.48. The largest absolute Gasteiger partial charge is 1.00 e. The molecule has 256 valence electrons. The van der Waals surface area contributed by atoms with Crippen molar-refractivity contribution in [1.82, 2.24) is 0 Å². The monoisotopic (exact) mass is 702 g/mol. The van der Waals surface area contributed by atoms with Crippen LogP contribution in [-0.2, 0) is 42.8 Å². The van der Waals surface area contributed by atoms with Gasteiger partial charge in [-0.15, -0.1) is 0 Å². The number of rotatable bonds is 22. The van der Waals surface area contributed by atoms with Crippen molar-refractivity contribution in [3.05, 3.63) is 34.9 Å². The summed E-state index contributed by atoms with van der Waals surface area (Å²) in [4.78, 5) is 22.0. The van der Waals surface area contributed by atoms with Crippen LogP contribution in [0.2, 0.25) is 0 Å².